The summed E-state index contributed by atoms with van der Waals surface area (Å²) in [6, 6.07) is 3.27. The summed E-state index contributed by atoms with van der Waals surface area (Å²) < 4.78 is 10.3. The minimum Gasteiger partial charge on any atom is -0.471 e. The number of hydrogen-bond donors (Lipinski definition) is 1. The van der Waals surface area contributed by atoms with Gasteiger partial charge < -0.3 is 15.2 Å². The van der Waals surface area contributed by atoms with E-state index in [0.29, 0.717) is 23.3 Å². The highest BCUT2D eigenvalue weighted by Crippen LogP contribution is 2.21. The van der Waals surface area contributed by atoms with Crippen molar-refractivity contribution < 1.29 is 9.47 Å². The van der Waals surface area contributed by atoms with Gasteiger partial charge >= 0.3 is 0 Å². The summed E-state index contributed by atoms with van der Waals surface area (Å²) in [6.45, 7) is 2.35. The summed E-state index contributed by atoms with van der Waals surface area (Å²) in [4.78, 5) is 3.96. The lowest BCUT2D eigenvalue weighted by molar-refractivity contribution is 0.0895. The number of ether oxygens (including phenoxy) is 2. The molecule has 0 aliphatic rings. The molecule has 4 nitrogen and oxygen atoms in total. The van der Waals surface area contributed by atoms with Crippen LogP contribution in [0.2, 0.25) is 5.15 Å². The lowest BCUT2D eigenvalue weighted by Crippen LogP contribution is -2.19. The molecule has 1 heterocycles. The van der Waals surface area contributed by atoms with E-state index in [2.05, 4.69) is 4.98 Å². The third-order valence-electron chi connectivity index (χ3n) is 1.57. The molecule has 0 bridgehead atoms. The second-order valence-electron chi connectivity index (χ2n) is 2.91. The van der Waals surface area contributed by atoms with Crippen molar-refractivity contribution in [2.24, 2.45) is 0 Å². The van der Waals surface area contributed by atoms with Gasteiger partial charge in [0, 0.05) is 7.11 Å². The molecule has 1 unspecified atom stereocenters. The van der Waals surface area contributed by atoms with Gasteiger partial charge in [-0.2, -0.15) is 4.98 Å². The van der Waals surface area contributed by atoms with Gasteiger partial charge in [0.1, 0.15) is 11.3 Å². The van der Waals surface area contributed by atoms with E-state index in [9.17, 15) is 0 Å². The summed E-state index contributed by atoms with van der Waals surface area (Å²) in [5.74, 6) is 0.349. The zero-order chi connectivity index (χ0) is 10.6. The molecule has 0 radical (unpaired) electrons. The smallest absolute Gasteiger partial charge is 0.238 e. The van der Waals surface area contributed by atoms with Gasteiger partial charge in [0.15, 0.2) is 0 Å². The molecule has 0 saturated heterocycles. The number of nitrogens with zero attached hydrogens (tertiary/aromatic N) is 1. The lowest BCUT2D eigenvalue weighted by atomic mass is 10.4. The number of pyridine rings is 1. The molecule has 0 aliphatic carbocycles. The first kappa shape index (κ1) is 11.1. The summed E-state index contributed by atoms with van der Waals surface area (Å²) in [5, 5.41) is 0.360. The zero-order valence-electron chi connectivity index (χ0n) is 8.16. The molecule has 1 atom stereocenters. The molecule has 0 aliphatic heterocycles. The van der Waals surface area contributed by atoms with Crippen LogP contribution < -0.4 is 10.5 Å². The van der Waals surface area contributed by atoms with Gasteiger partial charge in [-0.05, 0) is 19.1 Å². The number of aromatic nitrogens is 1. The van der Waals surface area contributed by atoms with Gasteiger partial charge in [0.05, 0.1) is 12.3 Å². The molecule has 1 aromatic heterocycles. The van der Waals surface area contributed by atoms with Gasteiger partial charge in [-0.1, -0.05) is 11.6 Å². The van der Waals surface area contributed by atoms with Crippen molar-refractivity contribution >= 4 is 17.3 Å². The van der Waals surface area contributed by atoms with Crippen molar-refractivity contribution in [3.63, 3.8) is 0 Å². The molecule has 0 aromatic carbocycles. The third-order valence-corrected chi connectivity index (χ3v) is 1.78. The molecule has 1 aromatic rings. The fourth-order valence-corrected chi connectivity index (χ4v) is 1.12. The van der Waals surface area contributed by atoms with Crippen LogP contribution in [-0.4, -0.2) is 24.8 Å². The largest absolute Gasteiger partial charge is 0.471 e. The molecule has 14 heavy (non-hydrogen) atoms. The molecule has 0 fully saturated rings. The van der Waals surface area contributed by atoms with Crippen LogP contribution in [0.25, 0.3) is 0 Å². The number of methoxy groups -OCH3 is 1. The SMILES string of the molecule is COCC(C)Oc1nc(Cl)ccc1N. The topological polar surface area (TPSA) is 57.4 Å². The van der Waals surface area contributed by atoms with E-state index < -0.39 is 0 Å². The molecule has 0 amide bonds. The second-order valence-corrected chi connectivity index (χ2v) is 3.30. The Labute approximate surface area is 88.0 Å². The van der Waals surface area contributed by atoms with E-state index in [1.54, 1.807) is 19.2 Å². The number of halogens is 1. The highest BCUT2D eigenvalue weighted by molar-refractivity contribution is 6.29. The fraction of sp³-hybridized carbons (Fsp3) is 0.444. The van der Waals surface area contributed by atoms with Crippen molar-refractivity contribution in [1.29, 1.82) is 0 Å². The molecule has 1 rings (SSSR count). The third kappa shape index (κ3) is 3.05. The van der Waals surface area contributed by atoms with Gasteiger partial charge in [-0.3, -0.25) is 0 Å². The van der Waals surface area contributed by atoms with E-state index in [4.69, 9.17) is 26.8 Å². The molecule has 0 saturated carbocycles. The Kier molecular flexibility index (Phi) is 3.98. The number of hydrogen-bond acceptors (Lipinski definition) is 4. The maximum atomic E-state index is 5.70. The summed E-state index contributed by atoms with van der Waals surface area (Å²) >= 11 is 5.70. The maximum Gasteiger partial charge on any atom is 0.238 e. The van der Waals surface area contributed by atoms with E-state index in [-0.39, 0.29) is 6.10 Å². The number of anilines is 1. The summed E-state index contributed by atoms with van der Waals surface area (Å²) in [6.07, 6.45) is -0.103. The number of nitrogens with two attached hydrogens (primary N) is 1. The summed E-state index contributed by atoms with van der Waals surface area (Å²) in [5.41, 5.74) is 6.12. The van der Waals surface area contributed by atoms with E-state index >= 15 is 0 Å². The van der Waals surface area contributed by atoms with E-state index in [1.807, 2.05) is 6.92 Å². The van der Waals surface area contributed by atoms with Crippen LogP contribution in [0.3, 0.4) is 0 Å². The van der Waals surface area contributed by atoms with Crippen molar-refractivity contribution in [3.8, 4) is 5.88 Å². The lowest BCUT2D eigenvalue weighted by Gasteiger charge is -2.14. The zero-order valence-corrected chi connectivity index (χ0v) is 8.91. The molecule has 78 valence electrons. The quantitative estimate of drug-likeness (QED) is 0.779. The van der Waals surface area contributed by atoms with Crippen molar-refractivity contribution in [2.75, 3.05) is 19.5 Å². The average molecular weight is 217 g/mol. The minimum absolute atomic E-state index is 0.103. The van der Waals surface area contributed by atoms with Crippen LogP contribution in [0.15, 0.2) is 12.1 Å². The van der Waals surface area contributed by atoms with Crippen LogP contribution >= 0.6 is 11.6 Å². The number of rotatable bonds is 4. The molecular formula is C9H13ClN2O2. The Morgan fingerprint density at radius 2 is 2.29 bits per heavy atom. The predicted molar refractivity (Wildman–Crippen MR) is 55.6 cm³/mol. The molecule has 2 N–H and O–H groups in total. The van der Waals surface area contributed by atoms with Gasteiger partial charge in [-0.25, -0.2) is 0 Å². The van der Waals surface area contributed by atoms with Crippen LogP contribution in [0.1, 0.15) is 6.92 Å². The van der Waals surface area contributed by atoms with E-state index in [0.717, 1.165) is 0 Å². The first-order valence-corrected chi connectivity index (χ1v) is 4.59. The van der Waals surface area contributed by atoms with Crippen LogP contribution in [0.4, 0.5) is 5.69 Å². The Hall–Kier alpha value is -1.00. The van der Waals surface area contributed by atoms with Gasteiger partial charge in [-0.15, -0.1) is 0 Å². The molecule has 0 spiro atoms. The van der Waals surface area contributed by atoms with E-state index in [1.165, 1.54) is 0 Å². The minimum atomic E-state index is -0.103. The molecule has 5 heteroatoms. The van der Waals surface area contributed by atoms with Gasteiger partial charge in [0.2, 0.25) is 5.88 Å². The van der Waals surface area contributed by atoms with Crippen LogP contribution in [0.5, 0.6) is 5.88 Å². The van der Waals surface area contributed by atoms with Crippen molar-refractivity contribution in [3.05, 3.63) is 17.3 Å². The molecular weight excluding hydrogens is 204 g/mol. The first-order chi connectivity index (χ1) is 6.63. The standard InChI is InChI=1S/C9H13ClN2O2/c1-6(5-13-2)14-9-7(11)3-4-8(10)12-9/h3-4,6H,5,11H2,1-2H3. The highest BCUT2D eigenvalue weighted by atomic mass is 35.5. The monoisotopic (exact) mass is 216 g/mol. The average Bonchev–Trinajstić information content (AvgIpc) is 2.12. The van der Waals surface area contributed by atoms with Crippen molar-refractivity contribution in [2.45, 2.75) is 13.0 Å². The summed E-state index contributed by atoms with van der Waals surface area (Å²) in [7, 11) is 1.61. The predicted octanol–water partition coefficient (Wildman–Crippen LogP) is 1.73. The van der Waals surface area contributed by atoms with Crippen molar-refractivity contribution in [1.82, 2.24) is 4.98 Å². The van der Waals surface area contributed by atoms with Crippen LogP contribution in [0, 0.1) is 0 Å². The van der Waals surface area contributed by atoms with Gasteiger partial charge in [0.25, 0.3) is 0 Å². The Balaban J connectivity index is 2.70. The first-order valence-electron chi connectivity index (χ1n) is 4.21. The Bertz CT molecular complexity index is 307. The maximum absolute atomic E-state index is 5.70. The second kappa shape index (κ2) is 5.02. The van der Waals surface area contributed by atoms with Crippen LogP contribution in [-0.2, 0) is 4.74 Å². The Morgan fingerprint density at radius 3 is 2.93 bits per heavy atom. The highest BCUT2D eigenvalue weighted by Gasteiger charge is 2.08. The fourth-order valence-electron chi connectivity index (χ4n) is 0.982. The normalized spacial score (nSPS) is 12.5. The Morgan fingerprint density at radius 1 is 1.57 bits per heavy atom. The number of nitrogen functional groups attached to an aromatic ring is 1.